The Morgan fingerprint density at radius 1 is 1.27 bits per heavy atom. The van der Waals surface area contributed by atoms with E-state index in [9.17, 15) is 9.18 Å². The molecule has 2 heterocycles. The van der Waals surface area contributed by atoms with Crippen LogP contribution in [0.15, 0.2) is 36.5 Å². The predicted octanol–water partition coefficient (Wildman–Crippen LogP) is 3.91. The van der Waals surface area contributed by atoms with Crippen LogP contribution < -0.4 is 19.7 Å². The summed E-state index contributed by atoms with van der Waals surface area (Å²) in [4.78, 5) is 18.1. The van der Waals surface area contributed by atoms with Crippen molar-refractivity contribution >= 4 is 11.7 Å². The van der Waals surface area contributed by atoms with Gasteiger partial charge in [-0.15, -0.1) is 0 Å². The van der Waals surface area contributed by atoms with Crippen molar-refractivity contribution in [2.45, 2.75) is 52.2 Å². The van der Waals surface area contributed by atoms with Gasteiger partial charge in [0.15, 0.2) is 11.6 Å². The van der Waals surface area contributed by atoms with Crippen LogP contribution in [0.1, 0.15) is 45.6 Å². The maximum Gasteiger partial charge on any atom is 0.227 e. The van der Waals surface area contributed by atoms with Crippen molar-refractivity contribution in [2.24, 2.45) is 0 Å². The van der Waals surface area contributed by atoms with E-state index in [-0.39, 0.29) is 24.0 Å². The number of nitrogens with one attached hydrogen (secondary N) is 1. The van der Waals surface area contributed by atoms with E-state index >= 15 is 0 Å². The number of hydrogen-bond donors (Lipinski definition) is 1. The van der Waals surface area contributed by atoms with Gasteiger partial charge in [-0.3, -0.25) is 4.79 Å². The van der Waals surface area contributed by atoms with Gasteiger partial charge >= 0.3 is 0 Å². The molecule has 1 fully saturated rings. The first-order chi connectivity index (χ1) is 14.4. The molecule has 0 unspecified atom stereocenters. The lowest BCUT2D eigenvalue weighted by Crippen LogP contribution is -2.27. The second-order valence-corrected chi connectivity index (χ2v) is 7.80. The molecule has 1 aromatic carbocycles. The molecule has 0 bridgehead atoms. The summed E-state index contributed by atoms with van der Waals surface area (Å²) in [6, 6.07) is 8.97. The highest BCUT2D eigenvalue weighted by Gasteiger charge is 2.27. The summed E-state index contributed by atoms with van der Waals surface area (Å²) in [6.45, 7) is 9.42. The Kier molecular flexibility index (Phi) is 7.13. The van der Waals surface area contributed by atoms with Crippen molar-refractivity contribution in [3.8, 4) is 11.5 Å². The van der Waals surface area contributed by atoms with Gasteiger partial charge < -0.3 is 19.7 Å². The molecule has 3 rings (SSSR count). The molecule has 1 aromatic heterocycles. The van der Waals surface area contributed by atoms with Crippen LogP contribution in [-0.2, 0) is 4.79 Å². The molecule has 2 atom stereocenters. The summed E-state index contributed by atoms with van der Waals surface area (Å²) in [5.41, 5.74) is 0.941. The molecule has 162 valence electrons. The van der Waals surface area contributed by atoms with E-state index in [1.807, 2.05) is 56.9 Å². The number of amides is 1. The number of nitrogens with zero attached hydrogens (tertiary/aromatic N) is 2. The Morgan fingerprint density at radius 2 is 2.00 bits per heavy atom. The molecule has 1 aliphatic rings. The van der Waals surface area contributed by atoms with Gasteiger partial charge in [0.2, 0.25) is 5.91 Å². The fourth-order valence-corrected chi connectivity index (χ4v) is 3.51. The standard InChI is InChI=1S/C23H30FN3O3/c1-5-25-23(28)16(4)17-6-8-18(9-7-17)30-19-10-11-27(14-19)22-21(24)12-20(13-26-22)29-15(2)3/h6-9,12-13,15-16,19H,5,10-11,14H2,1-4H3,(H,25,28)/t16-,19+/m0/s1. The molecule has 1 saturated heterocycles. The van der Waals surface area contributed by atoms with Crippen LogP contribution in [-0.4, -0.2) is 42.7 Å². The highest BCUT2D eigenvalue weighted by atomic mass is 19.1. The van der Waals surface area contributed by atoms with Crippen LogP contribution in [0.2, 0.25) is 0 Å². The SMILES string of the molecule is CCNC(=O)[C@@H](C)c1ccc(O[C@@H]2CCN(c3ncc(OC(C)C)cc3F)C2)cc1. The number of likely N-dealkylation sites (N-methyl/N-ethyl adjacent to an activating group) is 1. The molecule has 30 heavy (non-hydrogen) atoms. The summed E-state index contributed by atoms with van der Waals surface area (Å²) in [7, 11) is 0. The number of pyridine rings is 1. The molecule has 1 amide bonds. The Balaban J connectivity index is 1.58. The maximum atomic E-state index is 14.5. The number of anilines is 1. The molecule has 2 aromatic rings. The van der Waals surface area contributed by atoms with Crippen LogP contribution >= 0.6 is 0 Å². The third-order valence-corrected chi connectivity index (χ3v) is 5.04. The lowest BCUT2D eigenvalue weighted by Gasteiger charge is -2.19. The molecule has 7 heteroatoms. The summed E-state index contributed by atoms with van der Waals surface area (Å²) >= 11 is 0. The van der Waals surface area contributed by atoms with E-state index in [2.05, 4.69) is 10.3 Å². The van der Waals surface area contributed by atoms with Crippen molar-refractivity contribution in [1.29, 1.82) is 0 Å². The zero-order valence-corrected chi connectivity index (χ0v) is 18.0. The molecule has 1 N–H and O–H groups in total. The minimum atomic E-state index is -0.391. The van der Waals surface area contributed by atoms with Gasteiger partial charge in [-0.25, -0.2) is 9.37 Å². The number of carbonyl (C=O) groups excluding carboxylic acids is 1. The third kappa shape index (κ3) is 5.40. The highest BCUT2D eigenvalue weighted by Crippen LogP contribution is 2.27. The maximum absolute atomic E-state index is 14.5. The van der Waals surface area contributed by atoms with E-state index in [1.165, 1.54) is 6.07 Å². The minimum Gasteiger partial charge on any atom is -0.489 e. The zero-order valence-electron chi connectivity index (χ0n) is 18.0. The van der Waals surface area contributed by atoms with Crippen molar-refractivity contribution in [2.75, 3.05) is 24.5 Å². The Morgan fingerprint density at radius 3 is 2.63 bits per heavy atom. The van der Waals surface area contributed by atoms with Gasteiger partial charge in [0.1, 0.15) is 17.6 Å². The van der Waals surface area contributed by atoms with Gasteiger partial charge in [0, 0.05) is 25.6 Å². The Hall–Kier alpha value is -2.83. The number of halogens is 1. The topological polar surface area (TPSA) is 63.7 Å². The van der Waals surface area contributed by atoms with Gasteiger partial charge in [0.05, 0.1) is 24.8 Å². The van der Waals surface area contributed by atoms with Gasteiger partial charge in [-0.1, -0.05) is 12.1 Å². The van der Waals surface area contributed by atoms with Crippen molar-refractivity contribution in [3.05, 3.63) is 47.9 Å². The first-order valence-corrected chi connectivity index (χ1v) is 10.5. The van der Waals surface area contributed by atoms with Gasteiger partial charge in [0.25, 0.3) is 0 Å². The van der Waals surface area contributed by atoms with Crippen LogP contribution in [0.4, 0.5) is 10.2 Å². The van der Waals surface area contributed by atoms with Crippen molar-refractivity contribution in [3.63, 3.8) is 0 Å². The van der Waals surface area contributed by atoms with Crippen molar-refractivity contribution < 1.29 is 18.7 Å². The second-order valence-electron chi connectivity index (χ2n) is 7.80. The van der Waals surface area contributed by atoms with Crippen molar-refractivity contribution in [1.82, 2.24) is 10.3 Å². The average Bonchev–Trinajstić information content (AvgIpc) is 3.16. The molecule has 0 spiro atoms. The normalized spacial score (nSPS) is 17.1. The molecule has 1 aliphatic heterocycles. The molecule has 0 radical (unpaired) electrons. The smallest absolute Gasteiger partial charge is 0.227 e. The lowest BCUT2D eigenvalue weighted by molar-refractivity contribution is -0.122. The van der Waals surface area contributed by atoms with Crippen LogP contribution in [0.3, 0.4) is 0 Å². The third-order valence-electron chi connectivity index (χ3n) is 5.04. The van der Waals surface area contributed by atoms with E-state index in [0.29, 0.717) is 31.2 Å². The largest absolute Gasteiger partial charge is 0.489 e. The zero-order chi connectivity index (χ0) is 21.7. The average molecular weight is 416 g/mol. The number of aromatic nitrogens is 1. The first kappa shape index (κ1) is 21.9. The minimum absolute atomic E-state index is 0.0111. The van der Waals surface area contributed by atoms with Gasteiger partial charge in [-0.05, 0) is 45.4 Å². The fraction of sp³-hybridized carbons (Fsp3) is 0.478. The number of carbonyl (C=O) groups is 1. The fourth-order valence-electron chi connectivity index (χ4n) is 3.51. The molecule has 0 aliphatic carbocycles. The van der Waals surface area contributed by atoms with Crippen LogP contribution in [0, 0.1) is 5.82 Å². The van der Waals surface area contributed by atoms with E-state index in [1.54, 1.807) is 6.20 Å². The van der Waals surface area contributed by atoms with Gasteiger partial charge in [-0.2, -0.15) is 0 Å². The quantitative estimate of drug-likeness (QED) is 0.708. The van der Waals surface area contributed by atoms with E-state index < -0.39 is 5.82 Å². The lowest BCUT2D eigenvalue weighted by atomic mass is 10.0. The Labute approximate surface area is 177 Å². The summed E-state index contributed by atoms with van der Waals surface area (Å²) < 4.78 is 26.1. The number of ether oxygens (including phenoxy) is 2. The molecular formula is C23H30FN3O3. The molecule has 6 nitrogen and oxygen atoms in total. The predicted molar refractivity (Wildman–Crippen MR) is 115 cm³/mol. The summed E-state index contributed by atoms with van der Waals surface area (Å²) in [5, 5.41) is 2.83. The second kappa shape index (κ2) is 9.78. The Bertz CT molecular complexity index is 857. The molecule has 0 saturated carbocycles. The first-order valence-electron chi connectivity index (χ1n) is 10.5. The highest BCUT2D eigenvalue weighted by molar-refractivity contribution is 5.83. The van der Waals surface area contributed by atoms with E-state index in [4.69, 9.17) is 9.47 Å². The van der Waals surface area contributed by atoms with Crippen LogP contribution in [0.5, 0.6) is 11.5 Å². The van der Waals surface area contributed by atoms with Crippen LogP contribution in [0.25, 0.3) is 0 Å². The number of rotatable bonds is 8. The monoisotopic (exact) mass is 415 g/mol. The molecular weight excluding hydrogens is 385 g/mol. The van der Waals surface area contributed by atoms with E-state index in [0.717, 1.165) is 17.7 Å². The summed E-state index contributed by atoms with van der Waals surface area (Å²) in [5.74, 6) is 0.901. The summed E-state index contributed by atoms with van der Waals surface area (Å²) in [6.07, 6.45) is 2.25. The number of hydrogen-bond acceptors (Lipinski definition) is 5. The number of benzene rings is 1.